The number of amides is 1. The van der Waals surface area contributed by atoms with Crippen molar-refractivity contribution in [3.05, 3.63) is 77.1 Å². The first-order valence-electron chi connectivity index (χ1n) is 9.55. The van der Waals surface area contributed by atoms with Crippen LogP contribution in [0, 0.1) is 0 Å². The van der Waals surface area contributed by atoms with Crippen molar-refractivity contribution in [3.63, 3.8) is 0 Å². The third kappa shape index (κ3) is 3.53. The SMILES string of the molecule is CCCc1ncncc1C(=O)N1CCn2nc([C@H](O)c3ccccc3)cc2C1. The van der Waals surface area contributed by atoms with E-state index in [2.05, 4.69) is 22.0 Å². The number of aryl methyl sites for hydroxylation is 1. The summed E-state index contributed by atoms with van der Waals surface area (Å²) in [7, 11) is 0. The Labute approximate surface area is 163 Å². The first kappa shape index (κ1) is 18.3. The molecule has 7 heteroatoms. The van der Waals surface area contributed by atoms with Gasteiger partial charge in [-0.1, -0.05) is 43.7 Å². The van der Waals surface area contributed by atoms with Crippen LogP contribution in [0.2, 0.25) is 0 Å². The van der Waals surface area contributed by atoms with Crippen molar-refractivity contribution < 1.29 is 9.90 Å². The highest BCUT2D eigenvalue weighted by Gasteiger charge is 2.26. The van der Waals surface area contributed by atoms with Gasteiger partial charge in [0, 0.05) is 12.7 Å². The van der Waals surface area contributed by atoms with Crippen LogP contribution in [0.5, 0.6) is 0 Å². The lowest BCUT2D eigenvalue weighted by molar-refractivity contribution is 0.0703. The Morgan fingerprint density at radius 1 is 1.25 bits per heavy atom. The van der Waals surface area contributed by atoms with E-state index in [1.165, 1.54) is 6.33 Å². The first-order chi connectivity index (χ1) is 13.7. The van der Waals surface area contributed by atoms with Crippen LogP contribution in [0.15, 0.2) is 48.9 Å². The van der Waals surface area contributed by atoms with Gasteiger partial charge in [0.1, 0.15) is 12.4 Å². The van der Waals surface area contributed by atoms with Crippen LogP contribution < -0.4 is 0 Å². The second-order valence-corrected chi connectivity index (χ2v) is 6.96. The molecule has 3 heterocycles. The van der Waals surface area contributed by atoms with E-state index in [9.17, 15) is 9.90 Å². The predicted molar refractivity (Wildman–Crippen MR) is 103 cm³/mol. The lowest BCUT2D eigenvalue weighted by atomic mass is 10.1. The molecule has 1 amide bonds. The summed E-state index contributed by atoms with van der Waals surface area (Å²) in [6, 6.07) is 11.3. The molecule has 7 nitrogen and oxygen atoms in total. The zero-order valence-corrected chi connectivity index (χ0v) is 15.8. The molecule has 28 heavy (non-hydrogen) atoms. The molecule has 0 bridgehead atoms. The van der Waals surface area contributed by atoms with Gasteiger partial charge in [-0.2, -0.15) is 5.10 Å². The summed E-state index contributed by atoms with van der Waals surface area (Å²) in [5, 5.41) is 15.2. The molecule has 2 aromatic heterocycles. The van der Waals surface area contributed by atoms with Crippen LogP contribution >= 0.6 is 0 Å². The number of fused-ring (bicyclic) bond motifs is 1. The van der Waals surface area contributed by atoms with Crippen molar-refractivity contribution in [1.29, 1.82) is 0 Å². The molecular formula is C21H23N5O2. The van der Waals surface area contributed by atoms with Crippen LogP contribution in [0.4, 0.5) is 0 Å². The van der Waals surface area contributed by atoms with E-state index in [1.54, 1.807) is 11.1 Å². The maximum absolute atomic E-state index is 13.0. The summed E-state index contributed by atoms with van der Waals surface area (Å²) in [6.45, 7) is 3.68. The third-order valence-corrected chi connectivity index (χ3v) is 5.01. The average Bonchev–Trinajstić information content (AvgIpc) is 3.17. The number of benzene rings is 1. The Kier molecular flexibility index (Phi) is 5.16. The van der Waals surface area contributed by atoms with Gasteiger partial charge in [-0.3, -0.25) is 9.48 Å². The number of aliphatic hydroxyl groups is 1. The van der Waals surface area contributed by atoms with Crippen molar-refractivity contribution in [3.8, 4) is 0 Å². The van der Waals surface area contributed by atoms with Crippen LogP contribution in [0.3, 0.4) is 0 Å². The van der Waals surface area contributed by atoms with Crippen LogP contribution in [-0.2, 0) is 19.5 Å². The molecule has 0 saturated carbocycles. The van der Waals surface area contributed by atoms with Gasteiger partial charge >= 0.3 is 0 Å². The Morgan fingerprint density at radius 3 is 2.86 bits per heavy atom. The smallest absolute Gasteiger partial charge is 0.257 e. The molecule has 1 aliphatic rings. The number of carbonyl (C=O) groups is 1. The number of carbonyl (C=O) groups excluding carboxylic acids is 1. The van der Waals surface area contributed by atoms with Crippen LogP contribution in [0.25, 0.3) is 0 Å². The van der Waals surface area contributed by atoms with Crippen molar-refractivity contribution in [2.24, 2.45) is 0 Å². The quantitative estimate of drug-likeness (QED) is 0.738. The summed E-state index contributed by atoms with van der Waals surface area (Å²) in [5.74, 6) is -0.0540. The molecule has 0 spiro atoms. The summed E-state index contributed by atoms with van der Waals surface area (Å²) in [6.07, 6.45) is 4.00. The van der Waals surface area contributed by atoms with Gasteiger partial charge in [-0.05, 0) is 18.1 Å². The van der Waals surface area contributed by atoms with E-state index in [-0.39, 0.29) is 5.91 Å². The molecule has 1 atom stereocenters. The van der Waals surface area contributed by atoms with Crippen molar-refractivity contribution in [1.82, 2.24) is 24.6 Å². The molecule has 0 unspecified atom stereocenters. The molecule has 144 valence electrons. The minimum atomic E-state index is -0.776. The Morgan fingerprint density at radius 2 is 2.07 bits per heavy atom. The van der Waals surface area contributed by atoms with Gasteiger partial charge in [0.15, 0.2) is 0 Å². The van der Waals surface area contributed by atoms with Crippen molar-refractivity contribution >= 4 is 5.91 Å². The minimum Gasteiger partial charge on any atom is -0.382 e. The second-order valence-electron chi connectivity index (χ2n) is 6.96. The van der Waals surface area contributed by atoms with Gasteiger partial charge in [0.2, 0.25) is 0 Å². The maximum Gasteiger partial charge on any atom is 0.257 e. The average molecular weight is 377 g/mol. The summed E-state index contributed by atoms with van der Waals surface area (Å²) >= 11 is 0. The molecule has 0 radical (unpaired) electrons. The number of rotatable bonds is 5. The number of aliphatic hydroxyl groups excluding tert-OH is 1. The highest BCUT2D eigenvalue weighted by Crippen LogP contribution is 2.24. The van der Waals surface area contributed by atoms with E-state index < -0.39 is 6.10 Å². The largest absolute Gasteiger partial charge is 0.382 e. The Bertz CT molecular complexity index is 970. The van der Waals surface area contributed by atoms with Crippen molar-refractivity contribution in [2.75, 3.05) is 6.54 Å². The highest BCUT2D eigenvalue weighted by molar-refractivity contribution is 5.95. The summed E-state index contributed by atoms with van der Waals surface area (Å²) in [4.78, 5) is 23.2. The van der Waals surface area contributed by atoms with E-state index in [0.29, 0.717) is 30.9 Å². The monoisotopic (exact) mass is 377 g/mol. The van der Waals surface area contributed by atoms with Crippen LogP contribution in [-0.4, -0.2) is 42.2 Å². The lowest BCUT2D eigenvalue weighted by Gasteiger charge is -2.28. The van der Waals surface area contributed by atoms with E-state index >= 15 is 0 Å². The number of hydrogen-bond donors (Lipinski definition) is 1. The van der Waals surface area contributed by atoms with Gasteiger partial charge in [-0.25, -0.2) is 9.97 Å². The second kappa shape index (κ2) is 7.90. The molecule has 1 N–H and O–H groups in total. The zero-order chi connectivity index (χ0) is 19.5. The fourth-order valence-corrected chi connectivity index (χ4v) is 3.54. The van der Waals surface area contributed by atoms with E-state index in [0.717, 1.165) is 29.8 Å². The first-order valence-corrected chi connectivity index (χ1v) is 9.55. The van der Waals surface area contributed by atoms with Gasteiger partial charge in [-0.15, -0.1) is 0 Å². The maximum atomic E-state index is 13.0. The molecule has 4 rings (SSSR count). The summed E-state index contributed by atoms with van der Waals surface area (Å²) in [5.41, 5.74) is 3.68. The van der Waals surface area contributed by atoms with E-state index in [1.807, 2.05) is 41.1 Å². The third-order valence-electron chi connectivity index (χ3n) is 5.01. The summed E-state index contributed by atoms with van der Waals surface area (Å²) < 4.78 is 1.87. The number of aromatic nitrogens is 4. The Hall–Kier alpha value is -3.06. The zero-order valence-electron chi connectivity index (χ0n) is 15.8. The van der Waals surface area contributed by atoms with Gasteiger partial charge in [0.05, 0.1) is 35.7 Å². The van der Waals surface area contributed by atoms with Crippen molar-refractivity contribution in [2.45, 2.75) is 39.0 Å². The fraction of sp³-hybridized carbons (Fsp3) is 0.333. The number of nitrogens with zero attached hydrogens (tertiary/aromatic N) is 5. The molecule has 0 fully saturated rings. The van der Waals surface area contributed by atoms with Crippen LogP contribution in [0.1, 0.15) is 52.5 Å². The standard InChI is InChI=1S/C21H23N5O2/c1-2-6-18-17(12-22-14-23-18)21(28)25-9-10-26-16(13-25)11-19(24-26)20(27)15-7-4-3-5-8-15/h3-5,7-8,11-12,14,20,27H,2,6,9-10,13H2,1H3/t20-/m1/s1. The molecule has 1 aromatic carbocycles. The molecule has 1 aliphatic heterocycles. The fourth-order valence-electron chi connectivity index (χ4n) is 3.54. The predicted octanol–water partition coefficient (Wildman–Crippen LogP) is 2.36. The van der Waals surface area contributed by atoms with Gasteiger partial charge in [0.25, 0.3) is 5.91 Å². The number of hydrogen-bond acceptors (Lipinski definition) is 5. The minimum absolute atomic E-state index is 0.0540. The lowest BCUT2D eigenvalue weighted by Crippen LogP contribution is -2.39. The topological polar surface area (TPSA) is 84.1 Å². The van der Waals surface area contributed by atoms with Gasteiger partial charge < -0.3 is 10.0 Å². The molecule has 0 saturated heterocycles. The normalized spacial score (nSPS) is 14.6. The Balaban J connectivity index is 1.54. The van der Waals surface area contributed by atoms with E-state index in [4.69, 9.17) is 0 Å². The molecular weight excluding hydrogens is 354 g/mol. The molecule has 3 aromatic rings. The molecule has 0 aliphatic carbocycles. The highest BCUT2D eigenvalue weighted by atomic mass is 16.3.